The van der Waals surface area contributed by atoms with Crippen LogP contribution in [0.5, 0.6) is 5.75 Å². The van der Waals surface area contributed by atoms with E-state index in [4.69, 9.17) is 10.00 Å². The van der Waals surface area contributed by atoms with Crippen molar-refractivity contribution in [2.45, 2.75) is 6.10 Å². The van der Waals surface area contributed by atoms with Crippen LogP contribution in [0.1, 0.15) is 0 Å². The topological polar surface area (TPSA) is 74.2 Å². The summed E-state index contributed by atoms with van der Waals surface area (Å²) in [5.41, 5.74) is 0.860. The average Bonchev–Trinajstić information content (AvgIpc) is 2.29. The van der Waals surface area contributed by atoms with Gasteiger partial charge in [-0.1, -0.05) is 12.1 Å². The number of rotatable bonds is 1. The monoisotopic (exact) mass is 203 g/mol. The molecule has 2 N–H and O–H groups in total. The number of hydrogen-bond acceptors (Lipinski definition) is 4. The molecule has 0 bridgehead atoms. The van der Waals surface area contributed by atoms with Gasteiger partial charge < -0.3 is 10.1 Å². The Kier molecular flexibility index (Phi) is 2.42. The van der Waals surface area contributed by atoms with Crippen LogP contribution in [-0.4, -0.2) is 18.6 Å². The van der Waals surface area contributed by atoms with Gasteiger partial charge in [0.15, 0.2) is 12.3 Å². The Hall–Kier alpha value is -2.22. The highest BCUT2D eigenvalue weighted by Gasteiger charge is 2.25. The van der Waals surface area contributed by atoms with E-state index in [1.165, 1.54) is 0 Å². The van der Waals surface area contributed by atoms with E-state index in [0.717, 1.165) is 5.69 Å². The van der Waals surface area contributed by atoms with Crippen LogP contribution in [0.25, 0.3) is 0 Å². The van der Waals surface area contributed by atoms with Gasteiger partial charge in [-0.2, -0.15) is 5.26 Å². The maximum atomic E-state index is 11.3. The van der Waals surface area contributed by atoms with E-state index in [1.54, 1.807) is 12.3 Å². The van der Waals surface area contributed by atoms with E-state index in [2.05, 4.69) is 5.32 Å². The fourth-order valence-corrected chi connectivity index (χ4v) is 1.39. The van der Waals surface area contributed by atoms with Crippen molar-refractivity contribution in [3.05, 3.63) is 24.3 Å². The second-order valence-corrected chi connectivity index (χ2v) is 3.08. The summed E-state index contributed by atoms with van der Waals surface area (Å²) in [6.45, 7) is 0.366. The van der Waals surface area contributed by atoms with Crippen molar-refractivity contribution >= 4 is 11.6 Å². The van der Waals surface area contributed by atoms with E-state index in [9.17, 15) is 4.79 Å². The molecule has 1 amide bonds. The zero-order valence-corrected chi connectivity index (χ0v) is 7.86. The lowest BCUT2D eigenvalue weighted by Gasteiger charge is -2.25. The molecular weight excluding hydrogens is 194 g/mol. The first-order valence-electron chi connectivity index (χ1n) is 4.50. The van der Waals surface area contributed by atoms with Gasteiger partial charge in [0.1, 0.15) is 5.75 Å². The van der Waals surface area contributed by atoms with Crippen LogP contribution >= 0.6 is 0 Å². The Labute approximate surface area is 86.7 Å². The Morgan fingerprint density at radius 2 is 2.40 bits per heavy atom. The predicted octanol–water partition coefficient (Wildman–Crippen LogP) is 0.457. The van der Waals surface area contributed by atoms with Gasteiger partial charge in [0, 0.05) is 0 Å². The number of nitrogens with one attached hydrogen (secondary N) is 2. The molecule has 1 aliphatic rings. The molecule has 1 unspecified atom stereocenters. The molecule has 1 aromatic carbocycles. The summed E-state index contributed by atoms with van der Waals surface area (Å²) in [6.07, 6.45) is 0.928. The van der Waals surface area contributed by atoms with Crippen molar-refractivity contribution in [1.82, 2.24) is 5.32 Å². The fourth-order valence-electron chi connectivity index (χ4n) is 1.39. The third-order valence-corrected chi connectivity index (χ3v) is 2.11. The molecule has 1 heterocycles. The van der Waals surface area contributed by atoms with Crippen molar-refractivity contribution in [2.24, 2.45) is 0 Å². The van der Waals surface area contributed by atoms with Crippen LogP contribution in [0.3, 0.4) is 0 Å². The first kappa shape index (κ1) is 9.34. The normalized spacial score (nSPS) is 17.7. The van der Waals surface area contributed by atoms with Crippen LogP contribution in [-0.2, 0) is 4.79 Å². The summed E-state index contributed by atoms with van der Waals surface area (Å²) in [5, 5.41) is 13.4. The molecule has 0 saturated carbocycles. The minimum Gasteiger partial charge on any atom is -0.477 e. The molecule has 0 radical (unpaired) electrons. The lowest BCUT2D eigenvalue weighted by Crippen LogP contribution is -2.43. The maximum absolute atomic E-state index is 11.3. The number of benzene rings is 1. The van der Waals surface area contributed by atoms with Gasteiger partial charge in [-0.25, -0.2) is 0 Å². The molecular formula is C10H9N3O2. The van der Waals surface area contributed by atoms with Gasteiger partial charge in [0.25, 0.3) is 5.91 Å². The fraction of sp³-hybridized carbons (Fsp3) is 0.200. The van der Waals surface area contributed by atoms with Crippen LogP contribution in [0.4, 0.5) is 5.69 Å². The van der Waals surface area contributed by atoms with Crippen LogP contribution in [0.15, 0.2) is 24.3 Å². The van der Waals surface area contributed by atoms with Gasteiger partial charge in [0.05, 0.1) is 12.2 Å². The third kappa shape index (κ3) is 1.83. The summed E-state index contributed by atoms with van der Waals surface area (Å²) in [7, 11) is 0. The first-order valence-corrected chi connectivity index (χ1v) is 4.50. The number of fused-ring (bicyclic) bond motifs is 1. The number of amides is 1. The van der Waals surface area contributed by atoms with Gasteiger partial charge in [-0.05, 0) is 12.1 Å². The van der Waals surface area contributed by atoms with Gasteiger partial charge in [0.2, 0.25) is 0 Å². The number of carbonyl (C=O) groups is 1. The molecule has 1 aromatic rings. The molecule has 0 aromatic heterocycles. The van der Waals surface area contributed by atoms with Crippen molar-refractivity contribution in [2.75, 3.05) is 11.9 Å². The maximum Gasteiger partial charge on any atom is 0.275 e. The van der Waals surface area contributed by atoms with E-state index in [0.29, 0.717) is 12.3 Å². The number of para-hydroxylation sites is 2. The molecule has 1 aliphatic heterocycles. The van der Waals surface area contributed by atoms with E-state index >= 15 is 0 Å². The highest BCUT2D eigenvalue weighted by atomic mass is 16.5. The van der Waals surface area contributed by atoms with E-state index < -0.39 is 12.0 Å². The van der Waals surface area contributed by atoms with Gasteiger partial charge in [-0.3, -0.25) is 10.1 Å². The smallest absolute Gasteiger partial charge is 0.275 e. The largest absolute Gasteiger partial charge is 0.477 e. The zero-order chi connectivity index (χ0) is 10.7. The van der Waals surface area contributed by atoms with Crippen LogP contribution in [0, 0.1) is 11.5 Å². The lowest BCUT2D eigenvalue weighted by atomic mass is 10.2. The Balaban J connectivity index is 2.12. The number of nitrogens with zero attached hydrogens (tertiary/aromatic N) is 1. The van der Waals surface area contributed by atoms with E-state index in [1.807, 2.05) is 23.5 Å². The molecule has 15 heavy (non-hydrogen) atoms. The summed E-state index contributed by atoms with van der Waals surface area (Å²) in [6, 6.07) is 7.35. The lowest BCUT2D eigenvalue weighted by molar-refractivity contribution is -0.126. The standard InChI is InChI=1S/C10H9N3O2/c11-6-13-10(14)9-5-12-7-3-1-2-4-8(7)15-9/h1-4,9,12H,5H2,(H,13,14). The molecule has 2 rings (SSSR count). The van der Waals surface area contributed by atoms with Gasteiger partial charge >= 0.3 is 0 Å². The number of nitriles is 1. The molecule has 0 aliphatic carbocycles. The van der Waals surface area contributed by atoms with E-state index in [-0.39, 0.29) is 0 Å². The number of hydrogen-bond donors (Lipinski definition) is 2. The number of carbonyl (C=O) groups excluding carboxylic acids is 1. The Morgan fingerprint density at radius 3 is 3.20 bits per heavy atom. The quantitative estimate of drug-likeness (QED) is 0.513. The van der Waals surface area contributed by atoms with Crippen molar-refractivity contribution in [3.63, 3.8) is 0 Å². The minimum absolute atomic E-state index is 0.366. The average molecular weight is 203 g/mol. The summed E-state index contributed by atoms with van der Waals surface area (Å²) < 4.78 is 5.42. The summed E-state index contributed by atoms with van der Waals surface area (Å²) in [4.78, 5) is 11.3. The highest BCUT2D eigenvalue weighted by Crippen LogP contribution is 2.27. The SMILES string of the molecule is N#CNC(=O)C1CNc2ccccc2O1. The van der Waals surface area contributed by atoms with Crippen molar-refractivity contribution in [1.29, 1.82) is 5.26 Å². The van der Waals surface area contributed by atoms with Crippen molar-refractivity contribution in [3.8, 4) is 11.9 Å². The Bertz CT molecular complexity index is 425. The second kappa shape index (κ2) is 3.88. The molecule has 1 atom stereocenters. The Morgan fingerprint density at radius 1 is 1.60 bits per heavy atom. The van der Waals surface area contributed by atoms with Crippen LogP contribution < -0.4 is 15.4 Å². The molecule has 76 valence electrons. The zero-order valence-electron chi connectivity index (χ0n) is 7.86. The first-order chi connectivity index (χ1) is 7.31. The minimum atomic E-state index is -0.653. The molecule has 0 fully saturated rings. The summed E-state index contributed by atoms with van der Waals surface area (Å²) in [5.74, 6) is 0.196. The predicted molar refractivity (Wildman–Crippen MR) is 53.1 cm³/mol. The second-order valence-electron chi connectivity index (χ2n) is 3.08. The molecule has 0 spiro atoms. The van der Waals surface area contributed by atoms with Gasteiger partial charge in [-0.15, -0.1) is 0 Å². The molecule has 0 saturated heterocycles. The number of anilines is 1. The third-order valence-electron chi connectivity index (χ3n) is 2.11. The molecule has 5 nitrogen and oxygen atoms in total. The van der Waals surface area contributed by atoms with Crippen LogP contribution in [0.2, 0.25) is 0 Å². The number of ether oxygens (including phenoxy) is 1. The summed E-state index contributed by atoms with van der Waals surface area (Å²) >= 11 is 0. The molecule has 5 heteroatoms. The highest BCUT2D eigenvalue weighted by molar-refractivity contribution is 5.84. The van der Waals surface area contributed by atoms with Crippen molar-refractivity contribution < 1.29 is 9.53 Å².